The van der Waals surface area contributed by atoms with Crippen molar-refractivity contribution >= 4 is 5.91 Å². The van der Waals surface area contributed by atoms with Crippen LogP contribution >= 0.6 is 0 Å². The predicted molar refractivity (Wildman–Crippen MR) is 87.4 cm³/mol. The Morgan fingerprint density at radius 2 is 1.92 bits per heavy atom. The quantitative estimate of drug-likeness (QED) is 0.746. The average molecular weight is 341 g/mol. The number of hydrogen-bond donors (Lipinski definition) is 1. The van der Waals surface area contributed by atoms with Gasteiger partial charge in [0.05, 0.1) is 0 Å². The van der Waals surface area contributed by atoms with E-state index in [9.17, 15) is 9.18 Å². The summed E-state index contributed by atoms with van der Waals surface area (Å²) in [5, 5.41) is 6.48. The van der Waals surface area contributed by atoms with E-state index in [0.717, 1.165) is 0 Å². The summed E-state index contributed by atoms with van der Waals surface area (Å²) in [7, 11) is 0. The average Bonchev–Trinajstić information content (AvgIpc) is 3.06. The highest BCUT2D eigenvalue weighted by Gasteiger charge is 2.24. The molecule has 25 heavy (non-hydrogen) atoms. The molecule has 6 nitrogen and oxygen atoms in total. The first-order valence-electron chi connectivity index (χ1n) is 7.65. The van der Waals surface area contributed by atoms with Gasteiger partial charge in [0.2, 0.25) is 5.89 Å². The zero-order valence-corrected chi connectivity index (χ0v) is 13.5. The smallest absolute Gasteiger partial charge is 0.258 e. The molecule has 128 valence electrons. The minimum atomic E-state index is -0.870. The van der Waals surface area contributed by atoms with E-state index in [4.69, 9.17) is 9.26 Å². The van der Waals surface area contributed by atoms with E-state index >= 15 is 0 Å². The standard InChI is InChI=1S/C18H16FN3O3/c1-12-20-18(22-25-12)17(14-9-5-6-10-15(14)19)21-16(23)11-24-13-7-3-2-4-8-13/h2-10,17H,11H2,1H3,(H,21,23)/t17-/m0/s1. The van der Waals surface area contributed by atoms with Gasteiger partial charge >= 0.3 is 0 Å². The molecular formula is C18H16FN3O3. The summed E-state index contributed by atoms with van der Waals surface area (Å²) in [6.45, 7) is 1.40. The fraction of sp³-hybridized carbons (Fsp3) is 0.167. The molecule has 0 fully saturated rings. The number of aryl methyl sites for hydroxylation is 1. The normalized spacial score (nSPS) is 11.8. The molecule has 1 amide bonds. The first-order valence-corrected chi connectivity index (χ1v) is 7.65. The summed E-state index contributed by atoms with van der Waals surface area (Å²) in [6.07, 6.45) is 0. The molecule has 0 bridgehead atoms. The third-order valence-corrected chi connectivity index (χ3v) is 3.44. The lowest BCUT2D eigenvalue weighted by Gasteiger charge is -2.16. The molecule has 1 aromatic heterocycles. The van der Waals surface area contributed by atoms with Crippen molar-refractivity contribution in [3.05, 3.63) is 77.7 Å². The number of carbonyl (C=O) groups is 1. The zero-order chi connectivity index (χ0) is 17.6. The van der Waals surface area contributed by atoms with Gasteiger partial charge in [-0.25, -0.2) is 4.39 Å². The first kappa shape index (κ1) is 16.6. The fourth-order valence-electron chi connectivity index (χ4n) is 2.29. The van der Waals surface area contributed by atoms with Crippen molar-refractivity contribution < 1.29 is 18.4 Å². The Kier molecular flexibility index (Phi) is 5.03. The molecule has 1 atom stereocenters. The molecule has 0 aliphatic rings. The van der Waals surface area contributed by atoms with Gasteiger partial charge in [0, 0.05) is 12.5 Å². The number of carbonyl (C=O) groups excluding carboxylic acids is 1. The van der Waals surface area contributed by atoms with Gasteiger partial charge in [0.1, 0.15) is 17.6 Å². The molecule has 3 rings (SSSR count). The van der Waals surface area contributed by atoms with Crippen LogP contribution in [0.1, 0.15) is 23.3 Å². The number of halogens is 1. The largest absolute Gasteiger partial charge is 0.484 e. The summed E-state index contributed by atoms with van der Waals surface area (Å²) in [5.74, 6) is 0.163. The highest BCUT2D eigenvalue weighted by atomic mass is 19.1. The van der Waals surface area contributed by atoms with Gasteiger partial charge in [-0.05, 0) is 18.2 Å². The van der Waals surface area contributed by atoms with Gasteiger partial charge in [-0.2, -0.15) is 4.98 Å². The molecule has 3 aromatic rings. The van der Waals surface area contributed by atoms with Crippen LogP contribution in [0.25, 0.3) is 0 Å². The van der Waals surface area contributed by atoms with Crippen LogP contribution in [0.3, 0.4) is 0 Å². The molecule has 1 N–H and O–H groups in total. The number of para-hydroxylation sites is 1. The van der Waals surface area contributed by atoms with E-state index in [0.29, 0.717) is 11.6 Å². The maximum atomic E-state index is 14.2. The van der Waals surface area contributed by atoms with Crippen molar-refractivity contribution in [1.29, 1.82) is 0 Å². The van der Waals surface area contributed by atoms with Crippen molar-refractivity contribution in [2.45, 2.75) is 13.0 Å². The second-order valence-electron chi connectivity index (χ2n) is 5.30. The SMILES string of the molecule is Cc1nc([C@@H](NC(=O)COc2ccccc2)c2ccccc2F)no1. The van der Waals surface area contributed by atoms with Crippen LogP contribution in [0.15, 0.2) is 59.1 Å². The van der Waals surface area contributed by atoms with Gasteiger partial charge < -0.3 is 14.6 Å². The molecule has 7 heteroatoms. The second kappa shape index (κ2) is 7.57. The molecule has 0 aliphatic carbocycles. The molecular weight excluding hydrogens is 325 g/mol. The third-order valence-electron chi connectivity index (χ3n) is 3.44. The molecule has 1 heterocycles. The lowest BCUT2D eigenvalue weighted by Crippen LogP contribution is -2.34. The van der Waals surface area contributed by atoms with E-state index in [1.165, 1.54) is 6.07 Å². The molecule has 0 saturated heterocycles. The number of benzene rings is 2. The predicted octanol–water partition coefficient (Wildman–Crippen LogP) is 2.80. The third kappa shape index (κ3) is 4.20. The summed E-state index contributed by atoms with van der Waals surface area (Å²) >= 11 is 0. The van der Waals surface area contributed by atoms with Crippen molar-refractivity contribution in [2.75, 3.05) is 6.61 Å². The molecule has 0 unspecified atom stereocenters. The van der Waals surface area contributed by atoms with Gasteiger partial charge in [-0.3, -0.25) is 4.79 Å². The lowest BCUT2D eigenvalue weighted by molar-refractivity contribution is -0.123. The monoisotopic (exact) mass is 341 g/mol. The summed E-state index contributed by atoms with van der Waals surface area (Å²) in [6, 6.07) is 14.2. The van der Waals surface area contributed by atoms with Crippen molar-refractivity contribution in [3.8, 4) is 5.75 Å². The number of aromatic nitrogens is 2. The van der Waals surface area contributed by atoms with Gasteiger partial charge in [-0.15, -0.1) is 0 Å². The maximum Gasteiger partial charge on any atom is 0.258 e. The number of amides is 1. The van der Waals surface area contributed by atoms with Crippen LogP contribution in [0.4, 0.5) is 4.39 Å². The number of hydrogen-bond acceptors (Lipinski definition) is 5. The van der Waals surface area contributed by atoms with Crippen LogP contribution in [-0.2, 0) is 4.79 Å². The van der Waals surface area contributed by atoms with Crippen LogP contribution < -0.4 is 10.1 Å². The lowest BCUT2D eigenvalue weighted by atomic mass is 10.1. The van der Waals surface area contributed by atoms with Gasteiger partial charge in [0.15, 0.2) is 12.4 Å². The Morgan fingerprint density at radius 1 is 1.20 bits per heavy atom. The number of nitrogens with zero attached hydrogens (tertiary/aromatic N) is 2. The Balaban J connectivity index is 1.76. The molecule has 0 radical (unpaired) electrons. The Hall–Kier alpha value is -3.22. The number of rotatable bonds is 6. The van der Waals surface area contributed by atoms with E-state index in [1.54, 1.807) is 49.4 Å². The van der Waals surface area contributed by atoms with Crippen LogP contribution in [0.5, 0.6) is 5.75 Å². The minimum Gasteiger partial charge on any atom is -0.484 e. The van der Waals surface area contributed by atoms with Crippen molar-refractivity contribution in [1.82, 2.24) is 15.5 Å². The minimum absolute atomic E-state index is 0.177. The molecule has 0 saturated carbocycles. The topological polar surface area (TPSA) is 77.2 Å². The van der Waals surface area contributed by atoms with Crippen molar-refractivity contribution in [3.63, 3.8) is 0 Å². The van der Waals surface area contributed by atoms with E-state index in [-0.39, 0.29) is 18.0 Å². The number of ether oxygens (including phenoxy) is 1. The Labute approximate surface area is 143 Å². The maximum absolute atomic E-state index is 14.2. The first-order chi connectivity index (χ1) is 12.1. The second-order valence-corrected chi connectivity index (χ2v) is 5.30. The molecule has 2 aromatic carbocycles. The van der Waals surface area contributed by atoms with E-state index in [2.05, 4.69) is 15.5 Å². The highest BCUT2D eigenvalue weighted by Crippen LogP contribution is 2.22. The fourth-order valence-corrected chi connectivity index (χ4v) is 2.29. The Morgan fingerprint density at radius 3 is 2.60 bits per heavy atom. The number of nitrogens with one attached hydrogen (secondary N) is 1. The molecule has 0 spiro atoms. The van der Waals surface area contributed by atoms with Crippen LogP contribution in [-0.4, -0.2) is 22.7 Å². The van der Waals surface area contributed by atoms with E-state index < -0.39 is 17.8 Å². The van der Waals surface area contributed by atoms with Crippen LogP contribution in [0.2, 0.25) is 0 Å². The van der Waals surface area contributed by atoms with Gasteiger partial charge in [0.25, 0.3) is 5.91 Å². The molecule has 0 aliphatic heterocycles. The van der Waals surface area contributed by atoms with E-state index in [1.807, 2.05) is 6.07 Å². The van der Waals surface area contributed by atoms with Crippen molar-refractivity contribution in [2.24, 2.45) is 0 Å². The summed E-state index contributed by atoms with van der Waals surface area (Å²) in [5.41, 5.74) is 0.247. The highest BCUT2D eigenvalue weighted by molar-refractivity contribution is 5.78. The Bertz CT molecular complexity index is 852. The summed E-state index contributed by atoms with van der Waals surface area (Å²) < 4.78 is 24.5. The zero-order valence-electron chi connectivity index (χ0n) is 13.5. The van der Waals surface area contributed by atoms with Crippen LogP contribution in [0, 0.1) is 12.7 Å². The van der Waals surface area contributed by atoms with Gasteiger partial charge in [-0.1, -0.05) is 41.6 Å². The summed E-state index contributed by atoms with van der Waals surface area (Å²) in [4.78, 5) is 16.3.